The molecule has 0 fully saturated rings. The third-order valence-corrected chi connectivity index (χ3v) is 4.11. The minimum atomic E-state index is -4.08. The molecule has 0 bridgehead atoms. The lowest BCUT2D eigenvalue weighted by Crippen LogP contribution is -2.06. The van der Waals surface area contributed by atoms with Gasteiger partial charge in [0.25, 0.3) is 0 Å². The van der Waals surface area contributed by atoms with Gasteiger partial charge >= 0.3 is 10.1 Å². The molecule has 23 heavy (non-hydrogen) atoms. The van der Waals surface area contributed by atoms with E-state index >= 15 is 0 Å². The largest absolute Gasteiger partial charge is 0.497 e. The Kier molecular flexibility index (Phi) is 4.98. The van der Waals surface area contributed by atoms with Gasteiger partial charge in [0.2, 0.25) is 0 Å². The molecule has 2 rings (SSSR count). The Morgan fingerprint density at radius 1 is 1.17 bits per heavy atom. The molecule has 118 valence electrons. The Bertz CT molecular complexity index is 866. The van der Waals surface area contributed by atoms with Crippen molar-refractivity contribution in [3.63, 3.8) is 0 Å². The summed E-state index contributed by atoms with van der Waals surface area (Å²) in [7, 11) is -2.59. The summed E-state index contributed by atoms with van der Waals surface area (Å²) in [5.41, 5.74) is 1.15. The second-order valence-electron chi connectivity index (χ2n) is 4.63. The fraction of sp³-hybridized carbons (Fsp3) is 0.125. The molecule has 2 aromatic carbocycles. The summed E-state index contributed by atoms with van der Waals surface area (Å²) >= 11 is 0. The van der Waals surface area contributed by atoms with E-state index in [4.69, 9.17) is 10.00 Å². The highest BCUT2D eigenvalue weighted by molar-refractivity contribution is 7.86. The van der Waals surface area contributed by atoms with Gasteiger partial charge in [-0.1, -0.05) is 35.0 Å². The van der Waals surface area contributed by atoms with Crippen molar-refractivity contribution in [2.45, 2.75) is 11.8 Å². The molecule has 0 atom stereocenters. The molecule has 0 saturated carbocycles. The van der Waals surface area contributed by atoms with Crippen LogP contribution in [0.2, 0.25) is 0 Å². The number of hydrogen-bond donors (Lipinski definition) is 0. The molecular formula is C16H14N2O4S. The van der Waals surface area contributed by atoms with Crippen molar-refractivity contribution >= 4 is 15.8 Å². The predicted molar refractivity (Wildman–Crippen MR) is 84.6 cm³/mol. The van der Waals surface area contributed by atoms with Gasteiger partial charge in [0.15, 0.2) is 5.71 Å². The number of methoxy groups -OCH3 is 1. The molecule has 0 aliphatic carbocycles. The monoisotopic (exact) mass is 330 g/mol. The van der Waals surface area contributed by atoms with Crippen molar-refractivity contribution in [1.29, 1.82) is 5.26 Å². The number of hydrogen-bond acceptors (Lipinski definition) is 6. The summed E-state index contributed by atoms with van der Waals surface area (Å²) in [4.78, 5) is -0.0326. The van der Waals surface area contributed by atoms with Crippen LogP contribution in [0.3, 0.4) is 0 Å². The highest BCUT2D eigenvalue weighted by Crippen LogP contribution is 2.16. The van der Waals surface area contributed by atoms with Crippen LogP contribution in [-0.4, -0.2) is 21.2 Å². The predicted octanol–water partition coefficient (Wildman–Crippen LogP) is 2.64. The van der Waals surface area contributed by atoms with Crippen LogP contribution in [-0.2, 0) is 14.4 Å². The van der Waals surface area contributed by atoms with E-state index < -0.39 is 10.1 Å². The molecule has 0 amide bonds. The number of nitriles is 1. The number of oxime groups is 1. The van der Waals surface area contributed by atoms with E-state index in [1.807, 2.05) is 13.0 Å². The van der Waals surface area contributed by atoms with Crippen LogP contribution < -0.4 is 4.74 Å². The minimum absolute atomic E-state index is 0.0326. The smallest absolute Gasteiger partial charge is 0.358 e. The van der Waals surface area contributed by atoms with Gasteiger partial charge in [-0.15, -0.1) is 0 Å². The summed E-state index contributed by atoms with van der Waals surface area (Å²) in [6.07, 6.45) is 0. The lowest BCUT2D eigenvalue weighted by molar-refractivity contribution is 0.339. The van der Waals surface area contributed by atoms with E-state index in [0.717, 1.165) is 5.56 Å². The maximum absolute atomic E-state index is 12.1. The van der Waals surface area contributed by atoms with Crippen molar-refractivity contribution in [3.05, 3.63) is 59.7 Å². The maximum Gasteiger partial charge on any atom is 0.358 e. The first kappa shape index (κ1) is 16.5. The highest BCUT2D eigenvalue weighted by atomic mass is 32.2. The Labute approximate surface area is 134 Å². The molecule has 0 saturated heterocycles. The van der Waals surface area contributed by atoms with Crippen LogP contribution in [0.5, 0.6) is 5.75 Å². The number of aryl methyl sites for hydroxylation is 1. The van der Waals surface area contributed by atoms with Gasteiger partial charge in [-0.3, -0.25) is 4.28 Å². The van der Waals surface area contributed by atoms with Crippen LogP contribution in [0.15, 0.2) is 58.6 Å². The van der Waals surface area contributed by atoms with Gasteiger partial charge in [-0.05, 0) is 31.2 Å². The molecule has 7 heteroatoms. The molecule has 0 aliphatic heterocycles. The van der Waals surface area contributed by atoms with Gasteiger partial charge < -0.3 is 4.74 Å². The summed E-state index contributed by atoms with van der Waals surface area (Å²) in [6.45, 7) is 1.84. The zero-order valence-corrected chi connectivity index (χ0v) is 13.4. The van der Waals surface area contributed by atoms with Crippen molar-refractivity contribution in [1.82, 2.24) is 0 Å². The van der Waals surface area contributed by atoms with Crippen LogP contribution in [0.25, 0.3) is 0 Å². The van der Waals surface area contributed by atoms with Gasteiger partial charge in [0, 0.05) is 5.56 Å². The molecule has 2 aromatic rings. The van der Waals surface area contributed by atoms with Gasteiger partial charge in [0.05, 0.1) is 7.11 Å². The lowest BCUT2D eigenvalue weighted by atomic mass is 10.1. The third kappa shape index (κ3) is 4.08. The fourth-order valence-corrected chi connectivity index (χ4v) is 2.47. The number of nitrogens with zero attached hydrogens (tertiary/aromatic N) is 2. The van der Waals surface area contributed by atoms with E-state index in [0.29, 0.717) is 11.3 Å². The lowest BCUT2D eigenvalue weighted by Gasteiger charge is -2.04. The first-order valence-corrected chi connectivity index (χ1v) is 8.00. The molecule has 0 heterocycles. The van der Waals surface area contributed by atoms with E-state index in [9.17, 15) is 8.42 Å². The maximum atomic E-state index is 12.1. The summed E-state index contributed by atoms with van der Waals surface area (Å²) < 4.78 is 33.8. The van der Waals surface area contributed by atoms with E-state index in [2.05, 4.69) is 9.44 Å². The minimum Gasteiger partial charge on any atom is -0.497 e. The molecule has 0 unspecified atom stereocenters. The standard InChI is InChI=1S/C16H14N2O4S/c1-12-6-8-15(9-7-12)23(19,20)22-18-16(11-17)13-4-3-5-14(10-13)21-2/h3-10H,1-2H3/b18-16-. The van der Waals surface area contributed by atoms with Crippen LogP contribution in [0.1, 0.15) is 11.1 Å². The average molecular weight is 330 g/mol. The normalized spacial score (nSPS) is 11.6. The molecule has 0 radical (unpaired) electrons. The first-order chi connectivity index (χ1) is 11.0. The van der Waals surface area contributed by atoms with Crippen LogP contribution in [0.4, 0.5) is 0 Å². The fourth-order valence-electron chi connectivity index (χ4n) is 1.74. The number of rotatable bonds is 5. The number of benzene rings is 2. The molecule has 0 spiro atoms. The molecule has 0 N–H and O–H groups in total. The Morgan fingerprint density at radius 3 is 2.48 bits per heavy atom. The van der Waals surface area contributed by atoms with Crippen molar-refractivity contribution in [3.8, 4) is 11.8 Å². The molecule has 0 aromatic heterocycles. The Morgan fingerprint density at radius 2 is 1.87 bits per heavy atom. The van der Waals surface area contributed by atoms with Crippen molar-refractivity contribution in [2.24, 2.45) is 5.16 Å². The van der Waals surface area contributed by atoms with Crippen molar-refractivity contribution < 1.29 is 17.4 Å². The van der Waals surface area contributed by atoms with Crippen LogP contribution in [0, 0.1) is 18.3 Å². The molecule has 6 nitrogen and oxygen atoms in total. The van der Waals surface area contributed by atoms with Gasteiger partial charge in [-0.2, -0.15) is 13.7 Å². The zero-order chi connectivity index (χ0) is 16.9. The van der Waals surface area contributed by atoms with E-state index in [1.165, 1.54) is 19.2 Å². The summed E-state index contributed by atoms with van der Waals surface area (Å²) in [6, 6.07) is 14.5. The third-order valence-electron chi connectivity index (χ3n) is 2.99. The van der Waals surface area contributed by atoms with E-state index in [-0.39, 0.29) is 10.6 Å². The van der Waals surface area contributed by atoms with E-state index in [1.54, 1.807) is 36.4 Å². The number of ether oxygens (including phenoxy) is 1. The quantitative estimate of drug-likeness (QED) is 0.621. The zero-order valence-electron chi connectivity index (χ0n) is 12.6. The average Bonchev–Trinajstić information content (AvgIpc) is 2.56. The van der Waals surface area contributed by atoms with Crippen molar-refractivity contribution in [2.75, 3.05) is 7.11 Å². The Hall–Kier alpha value is -2.85. The highest BCUT2D eigenvalue weighted by Gasteiger charge is 2.16. The topological polar surface area (TPSA) is 88.8 Å². The summed E-state index contributed by atoms with van der Waals surface area (Å²) in [5.74, 6) is 0.520. The molecule has 0 aliphatic rings. The first-order valence-electron chi connectivity index (χ1n) is 6.59. The molecular weight excluding hydrogens is 316 g/mol. The SMILES string of the molecule is COc1cccc(/C(C#N)=N\OS(=O)(=O)c2ccc(C)cc2)c1. The second kappa shape index (κ2) is 6.94. The van der Waals surface area contributed by atoms with Gasteiger partial charge in [-0.25, -0.2) is 0 Å². The van der Waals surface area contributed by atoms with Gasteiger partial charge in [0.1, 0.15) is 16.7 Å². The van der Waals surface area contributed by atoms with Crippen LogP contribution >= 0.6 is 0 Å². The second-order valence-corrected chi connectivity index (χ2v) is 6.15. The Balaban J connectivity index is 2.28. The summed E-state index contributed by atoms with van der Waals surface area (Å²) in [5, 5.41) is 12.6.